The topological polar surface area (TPSA) is 74.7 Å². The van der Waals surface area contributed by atoms with E-state index in [0.29, 0.717) is 18.4 Å². The molecule has 114 valence electrons. The van der Waals surface area contributed by atoms with Gasteiger partial charge in [0.2, 0.25) is 10.0 Å². The SMILES string of the molecule is Cc1cccc(S(=O)(=O)N2C3CCC2C(C(=O)O)C3)c1Cl. The van der Waals surface area contributed by atoms with Gasteiger partial charge in [-0.05, 0) is 37.8 Å². The van der Waals surface area contributed by atoms with Crippen LogP contribution in [0.1, 0.15) is 24.8 Å². The summed E-state index contributed by atoms with van der Waals surface area (Å²) >= 11 is 6.15. The van der Waals surface area contributed by atoms with Crippen molar-refractivity contribution in [3.63, 3.8) is 0 Å². The molecule has 0 saturated carbocycles. The van der Waals surface area contributed by atoms with Crippen molar-refractivity contribution in [2.45, 2.75) is 43.2 Å². The number of carboxylic acid groups (broad SMARTS) is 1. The van der Waals surface area contributed by atoms with Gasteiger partial charge in [0.15, 0.2) is 0 Å². The Morgan fingerprint density at radius 1 is 1.38 bits per heavy atom. The molecule has 2 aliphatic heterocycles. The first-order valence-corrected chi connectivity index (χ1v) is 8.67. The van der Waals surface area contributed by atoms with Crippen LogP contribution in [0.2, 0.25) is 5.02 Å². The molecular formula is C14H16ClNO4S. The van der Waals surface area contributed by atoms with E-state index in [0.717, 1.165) is 6.42 Å². The highest BCUT2D eigenvalue weighted by molar-refractivity contribution is 7.89. The van der Waals surface area contributed by atoms with Gasteiger partial charge in [-0.1, -0.05) is 23.7 Å². The van der Waals surface area contributed by atoms with Gasteiger partial charge >= 0.3 is 5.97 Å². The van der Waals surface area contributed by atoms with Crippen LogP contribution in [0.25, 0.3) is 0 Å². The highest BCUT2D eigenvalue weighted by Gasteiger charge is 2.54. The van der Waals surface area contributed by atoms with E-state index >= 15 is 0 Å². The van der Waals surface area contributed by atoms with Gasteiger partial charge in [0.05, 0.1) is 10.9 Å². The van der Waals surface area contributed by atoms with Gasteiger partial charge in [-0.2, -0.15) is 4.31 Å². The molecule has 2 saturated heterocycles. The molecule has 3 unspecified atom stereocenters. The van der Waals surface area contributed by atoms with Gasteiger partial charge in [0.25, 0.3) is 0 Å². The van der Waals surface area contributed by atoms with Crippen molar-refractivity contribution in [2.75, 3.05) is 0 Å². The summed E-state index contributed by atoms with van der Waals surface area (Å²) in [6.45, 7) is 1.75. The fourth-order valence-electron chi connectivity index (χ4n) is 3.51. The minimum atomic E-state index is -3.76. The van der Waals surface area contributed by atoms with E-state index in [-0.39, 0.29) is 16.0 Å². The van der Waals surface area contributed by atoms with Gasteiger partial charge in [0, 0.05) is 12.1 Å². The van der Waals surface area contributed by atoms with Crippen molar-refractivity contribution in [3.8, 4) is 0 Å². The number of carbonyl (C=O) groups is 1. The number of benzene rings is 1. The van der Waals surface area contributed by atoms with Crippen molar-refractivity contribution in [2.24, 2.45) is 5.92 Å². The molecule has 3 atom stereocenters. The maximum atomic E-state index is 12.9. The molecule has 0 aliphatic carbocycles. The molecule has 2 heterocycles. The van der Waals surface area contributed by atoms with Gasteiger partial charge in [0.1, 0.15) is 4.90 Å². The summed E-state index contributed by atoms with van der Waals surface area (Å²) in [5.41, 5.74) is 0.694. The fraction of sp³-hybridized carbons (Fsp3) is 0.500. The van der Waals surface area contributed by atoms with Crippen molar-refractivity contribution >= 4 is 27.6 Å². The number of rotatable bonds is 3. The Kier molecular flexibility index (Phi) is 3.50. The smallest absolute Gasteiger partial charge is 0.308 e. The molecule has 3 rings (SSSR count). The van der Waals surface area contributed by atoms with E-state index < -0.39 is 28.0 Å². The Labute approximate surface area is 128 Å². The third kappa shape index (κ3) is 2.17. The number of hydrogen-bond donors (Lipinski definition) is 1. The Hall–Kier alpha value is -1.11. The first-order valence-electron chi connectivity index (χ1n) is 6.85. The van der Waals surface area contributed by atoms with Gasteiger partial charge < -0.3 is 5.11 Å². The first-order chi connectivity index (χ1) is 9.84. The number of aliphatic carboxylic acids is 1. The van der Waals surface area contributed by atoms with Crippen LogP contribution in [0.4, 0.5) is 0 Å². The third-order valence-corrected chi connectivity index (χ3v) is 7.14. The highest BCUT2D eigenvalue weighted by Crippen LogP contribution is 2.45. The lowest BCUT2D eigenvalue weighted by Gasteiger charge is -2.23. The van der Waals surface area contributed by atoms with Crippen LogP contribution in [-0.2, 0) is 14.8 Å². The lowest BCUT2D eigenvalue weighted by molar-refractivity contribution is -0.142. The molecular weight excluding hydrogens is 314 g/mol. The zero-order chi connectivity index (χ0) is 15.4. The predicted molar refractivity (Wildman–Crippen MR) is 77.8 cm³/mol. The zero-order valence-electron chi connectivity index (χ0n) is 11.5. The van der Waals surface area contributed by atoms with Crippen LogP contribution in [-0.4, -0.2) is 35.9 Å². The molecule has 21 heavy (non-hydrogen) atoms. The Balaban J connectivity index is 2.04. The van der Waals surface area contributed by atoms with Crippen LogP contribution in [0, 0.1) is 12.8 Å². The van der Waals surface area contributed by atoms with Crippen LogP contribution in [0.15, 0.2) is 23.1 Å². The minimum absolute atomic E-state index is 0.0760. The van der Waals surface area contributed by atoms with Crippen molar-refractivity contribution < 1.29 is 18.3 Å². The number of carboxylic acids is 1. The molecule has 2 bridgehead atoms. The number of nitrogens with zero attached hydrogens (tertiary/aromatic N) is 1. The third-order valence-electron chi connectivity index (χ3n) is 4.50. The molecule has 0 aromatic heterocycles. The molecule has 1 aromatic carbocycles. The molecule has 2 aliphatic rings. The highest BCUT2D eigenvalue weighted by atomic mass is 35.5. The molecule has 2 fully saturated rings. The number of hydrogen-bond acceptors (Lipinski definition) is 3. The van der Waals surface area contributed by atoms with E-state index in [1.54, 1.807) is 19.1 Å². The van der Waals surface area contributed by atoms with Gasteiger partial charge in [-0.25, -0.2) is 8.42 Å². The summed E-state index contributed by atoms with van der Waals surface area (Å²) in [7, 11) is -3.76. The second-order valence-electron chi connectivity index (χ2n) is 5.70. The number of fused-ring (bicyclic) bond motifs is 2. The van der Waals surface area contributed by atoms with E-state index in [9.17, 15) is 18.3 Å². The Morgan fingerprint density at radius 3 is 2.71 bits per heavy atom. The summed E-state index contributed by atoms with van der Waals surface area (Å²) in [6, 6.07) is 4.21. The number of aryl methyl sites for hydroxylation is 1. The molecule has 7 heteroatoms. The quantitative estimate of drug-likeness (QED) is 0.923. The van der Waals surface area contributed by atoms with E-state index in [2.05, 4.69) is 0 Å². The summed E-state index contributed by atoms with van der Waals surface area (Å²) in [5, 5.41) is 9.46. The largest absolute Gasteiger partial charge is 0.481 e. The first kappa shape index (κ1) is 14.8. The second kappa shape index (κ2) is 4.97. The normalized spacial score (nSPS) is 29.0. The maximum Gasteiger partial charge on any atom is 0.308 e. The lowest BCUT2D eigenvalue weighted by atomic mass is 9.89. The van der Waals surface area contributed by atoms with Crippen LogP contribution in [0.3, 0.4) is 0 Å². The lowest BCUT2D eigenvalue weighted by Crippen LogP contribution is -2.38. The molecule has 0 spiro atoms. The Morgan fingerprint density at radius 2 is 2.10 bits per heavy atom. The van der Waals surface area contributed by atoms with Crippen molar-refractivity contribution in [1.82, 2.24) is 4.31 Å². The van der Waals surface area contributed by atoms with Crippen molar-refractivity contribution in [1.29, 1.82) is 0 Å². The predicted octanol–water partition coefficient (Wildman–Crippen LogP) is 2.27. The average Bonchev–Trinajstić information content (AvgIpc) is 2.99. The van der Waals surface area contributed by atoms with Crippen LogP contribution >= 0.6 is 11.6 Å². The second-order valence-corrected chi connectivity index (χ2v) is 7.89. The van der Waals surface area contributed by atoms with Gasteiger partial charge in [-0.3, -0.25) is 4.79 Å². The van der Waals surface area contributed by atoms with E-state index in [1.165, 1.54) is 10.4 Å². The van der Waals surface area contributed by atoms with Crippen molar-refractivity contribution in [3.05, 3.63) is 28.8 Å². The minimum Gasteiger partial charge on any atom is -0.481 e. The van der Waals surface area contributed by atoms with E-state index in [1.807, 2.05) is 0 Å². The zero-order valence-corrected chi connectivity index (χ0v) is 13.1. The summed E-state index contributed by atoms with van der Waals surface area (Å²) < 4.78 is 27.2. The van der Waals surface area contributed by atoms with Crippen LogP contribution in [0.5, 0.6) is 0 Å². The fourth-order valence-corrected chi connectivity index (χ4v) is 5.99. The molecule has 1 N–H and O–H groups in total. The molecule has 0 amide bonds. The number of halogens is 1. The standard InChI is InChI=1S/C14H16ClNO4S/c1-8-3-2-4-12(13(8)15)21(19,20)16-9-5-6-11(16)10(7-9)14(17)18/h2-4,9-11H,5-7H2,1H3,(H,17,18). The maximum absolute atomic E-state index is 12.9. The summed E-state index contributed by atoms with van der Waals surface area (Å²) in [5.74, 6) is -1.53. The Bertz CT molecular complexity index is 703. The van der Waals surface area contributed by atoms with E-state index in [4.69, 9.17) is 11.6 Å². The molecule has 0 radical (unpaired) electrons. The molecule has 1 aromatic rings. The number of sulfonamides is 1. The average molecular weight is 330 g/mol. The van der Waals surface area contributed by atoms with Crippen LogP contribution < -0.4 is 0 Å². The summed E-state index contributed by atoms with van der Waals surface area (Å²) in [6.07, 6.45) is 1.71. The molecule has 5 nitrogen and oxygen atoms in total. The van der Waals surface area contributed by atoms with Gasteiger partial charge in [-0.15, -0.1) is 0 Å². The monoisotopic (exact) mass is 329 g/mol. The summed E-state index contributed by atoms with van der Waals surface area (Å²) in [4.78, 5) is 11.3.